The van der Waals surface area contributed by atoms with Gasteiger partial charge in [-0.2, -0.15) is 0 Å². The Hall–Kier alpha value is -2.99. The van der Waals surface area contributed by atoms with Crippen molar-refractivity contribution in [2.75, 3.05) is 11.4 Å². The second-order valence-corrected chi connectivity index (χ2v) is 7.18. The van der Waals surface area contributed by atoms with Gasteiger partial charge in [0.15, 0.2) is 5.41 Å². The van der Waals surface area contributed by atoms with Crippen molar-refractivity contribution in [1.29, 1.82) is 0 Å². The molecule has 2 fully saturated rings. The summed E-state index contributed by atoms with van der Waals surface area (Å²) in [5, 5.41) is 4.36. The number of hydrogen-bond donors (Lipinski definition) is 2. The first-order chi connectivity index (χ1) is 12.8. The van der Waals surface area contributed by atoms with Gasteiger partial charge in [-0.25, -0.2) is 14.0 Å². The molecule has 1 aromatic carbocycles. The number of anilines is 1. The fourth-order valence-electron chi connectivity index (χ4n) is 4.53. The van der Waals surface area contributed by atoms with E-state index in [2.05, 4.69) is 15.5 Å². The van der Waals surface area contributed by atoms with E-state index in [-0.39, 0.29) is 18.2 Å². The molecule has 4 amide bonds. The minimum atomic E-state index is -1.61. The number of barbiturate groups is 1. The number of amides is 4. The van der Waals surface area contributed by atoms with Crippen LogP contribution in [0.15, 0.2) is 12.1 Å². The number of fused-ring (bicyclic) bond motifs is 4. The number of carbonyl (C=O) groups excluding carboxylic acids is 3. The zero-order valence-corrected chi connectivity index (χ0v) is 14.7. The van der Waals surface area contributed by atoms with Gasteiger partial charge >= 0.3 is 6.03 Å². The van der Waals surface area contributed by atoms with Crippen molar-refractivity contribution in [3.63, 3.8) is 0 Å². The van der Waals surface area contributed by atoms with Crippen LogP contribution in [0.5, 0.6) is 0 Å². The Balaban J connectivity index is 1.95. The number of carbonyl (C=O) groups is 3. The van der Waals surface area contributed by atoms with Crippen molar-refractivity contribution in [3.8, 4) is 0 Å². The molecule has 0 aromatic heterocycles. The van der Waals surface area contributed by atoms with E-state index in [4.69, 9.17) is 11.3 Å². The molecule has 3 aliphatic heterocycles. The second-order valence-electron chi connectivity index (χ2n) is 7.18. The lowest BCUT2D eigenvalue weighted by Crippen LogP contribution is -2.75. The molecule has 3 heterocycles. The largest absolute Gasteiger partial charge is 0.372 e. The number of rotatable bonds is 0. The molecule has 140 valence electrons. The summed E-state index contributed by atoms with van der Waals surface area (Å²) in [6, 6.07) is 1.06. The monoisotopic (exact) mass is 372 g/mol. The van der Waals surface area contributed by atoms with E-state index in [0.29, 0.717) is 17.8 Å². The first kappa shape index (κ1) is 17.4. The van der Waals surface area contributed by atoms with Crippen LogP contribution in [0.3, 0.4) is 0 Å². The Labute approximate surface area is 154 Å². The smallest absolute Gasteiger partial charge is 0.328 e. The highest BCUT2D eigenvalue weighted by Crippen LogP contribution is 2.47. The van der Waals surface area contributed by atoms with E-state index in [1.807, 2.05) is 6.92 Å². The summed E-state index contributed by atoms with van der Waals surface area (Å²) in [5.74, 6) is -2.08. The van der Waals surface area contributed by atoms with Crippen molar-refractivity contribution < 1.29 is 23.5 Å². The van der Waals surface area contributed by atoms with Gasteiger partial charge in [-0.15, -0.1) is 0 Å². The van der Waals surface area contributed by atoms with E-state index >= 15 is 0 Å². The van der Waals surface area contributed by atoms with Gasteiger partial charge in [-0.1, -0.05) is 0 Å². The van der Waals surface area contributed by atoms with Gasteiger partial charge in [0.05, 0.1) is 24.8 Å². The number of morpholine rings is 1. The normalized spacial score (nSPS) is 28.7. The van der Waals surface area contributed by atoms with Crippen LogP contribution in [0, 0.1) is 17.8 Å². The topological polar surface area (TPSA) is 92.1 Å². The van der Waals surface area contributed by atoms with Crippen LogP contribution in [0.25, 0.3) is 4.85 Å². The zero-order valence-electron chi connectivity index (χ0n) is 14.7. The lowest BCUT2D eigenvalue weighted by Gasteiger charge is -2.55. The number of hydrogen-bond acceptors (Lipinski definition) is 5. The van der Waals surface area contributed by atoms with Gasteiger partial charge in [0.25, 0.3) is 0 Å². The molecule has 0 unspecified atom stereocenters. The zero-order chi connectivity index (χ0) is 19.5. The highest BCUT2D eigenvalue weighted by atomic mass is 19.1. The van der Waals surface area contributed by atoms with Crippen molar-refractivity contribution in [2.45, 2.75) is 38.5 Å². The predicted molar refractivity (Wildman–Crippen MR) is 91.6 cm³/mol. The fourth-order valence-corrected chi connectivity index (χ4v) is 4.53. The highest BCUT2D eigenvalue weighted by molar-refractivity contribution is 6.20. The molecule has 3 atom stereocenters. The van der Waals surface area contributed by atoms with E-state index in [9.17, 15) is 18.8 Å². The molecule has 1 spiro atoms. The highest BCUT2D eigenvalue weighted by Gasteiger charge is 2.62. The molecule has 9 heteroatoms. The quantitative estimate of drug-likeness (QED) is 0.529. The standard InChI is InChI=1S/C18H17FN4O4/c1-8-7-23-13-5-11(19)12(20-3)4-10(13)6-18(14(23)9(2)27-8)15(24)21-17(26)22-16(18)25/h4-5,8-9,14H,6-7H2,1-2H3,(H2,21,22,24,25,26)/t8-,9+,14-/m1/s1. The molecule has 3 aliphatic rings. The Morgan fingerprint density at radius 1 is 1.26 bits per heavy atom. The van der Waals surface area contributed by atoms with Crippen LogP contribution in [0.2, 0.25) is 0 Å². The van der Waals surface area contributed by atoms with Gasteiger partial charge in [-0.05, 0) is 38.0 Å². The summed E-state index contributed by atoms with van der Waals surface area (Å²) in [7, 11) is 0. The average Bonchev–Trinajstić information content (AvgIpc) is 2.59. The maximum atomic E-state index is 14.3. The molecule has 1 aromatic rings. The maximum Gasteiger partial charge on any atom is 0.328 e. The summed E-state index contributed by atoms with van der Waals surface area (Å²) in [4.78, 5) is 42.4. The number of urea groups is 1. The van der Waals surface area contributed by atoms with Crippen molar-refractivity contribution in [2.24, 2.45) is 5.41 Å². The molecular weight excluding hydrogens is 355 g/mol. The maximum absolute atomic E-state index is 14.3. The second kappa shape index (κ2) is 5.76. The molecular formula is C18H17FN4O4. The minimum Gasteiger partial charge on any atom is -0.372 e. The molecule has 2 saturated heterocycles. The summed E-state index contributed by atoms with van der Waals surface area (Å²) >= 11 is 0. The van der Waals surface area contributed by atoms with Gasteiger partial charge in [0.2, 0.25) is 17.5 Å². The van der Waals surface area contributed by atoms with Gasteiger partial charge in [0, 0.05) is 12.2 Å². The SMILES string of the molecule is [C-]#[N+]c1cc2c(cc1F)N1C[C@@H](C)O[C@@H](C)[C@@H]1C1(C2)C(=O)NC(=O)NC1=O. The molecule has 8 nitrogen and oxygen atoms in total. The molecule has 0 radical (unpaired) electrons. The van der Waals surface area contributed by atoms with Gasteiger partial charge in [0.1, 0.15) is 5.82 Å². The third-order valence-corrected chi connectivity index (χ3v) is 5.50. The minimum absolute atomic E-state index is 0.0562. The molecule has 0 aliphatic carbocycles. The number of nitrogens with zero attached hydrogens (tertiary/aromatic N) is 2. The molecule has 0 bridgehead atoms. The van der Waals surface area contributed by atoms with Crippen molar-refractivity contribution >= 4 is 29.2 Å². The Bertz CT molecular complexity index is 905. The van der Waals surface area contributed by atoms with E-state index in [0.717, 1.165) is 0 Å². The number of halogens is 1. The van der Waals surface area contributed by atoms with Crippen molar-refractivity contribution in [1.82, 2.24) is 10.6 Å². The fraction of sp³-hybridized carbons (Fsp3) is 0.444. The van der Waals surface area contributed by atoms with Crippen LogP contribution in [0.1, 0.15) is 19.4 Å². The van der Waals surface area contributed by atoms with Crippen LogP contribution in [0.4, 0.5) is 20.6 Å². The third-order valence-electron chi connectivity index (χ3n) is 5.50. The number of nitrogens with one attached hydrogen (secondary N) is 2. The molecule has 27 heavy (non-hydrogen) atoms. The van der Waals surface area contributed by atoms with Crippen LogP contribution in [-0.4, -0.2) is 42.6 Å². The number of benzene rings is 1. The number of ether oxygens (including phenoxy) is 1. The average molecular weight is 372 g/mol. The summed E-state index contributed by atoms with van der Waals surface area (Å²) < 4.78 is 20.2. The predicted octanol–water partition coefficient (Wildman–Crippen LogP) is 1.27. The van der Waals surface area contributed by atoms with Gasteiger partial charge in [-0.3, -0.25) is 20.2 Å². The van der Waals surface area contributed by atoms with E-state index < -0.39 is 41.2 Å². The summed E-state index contributed by atoms with van der Waals surface area (Å²) in [6.45, 7) is 11.1. The van der Waals surface area contributed by atoms with E-state index in [1.54, 1.807) is 11.8 Å². The Kier molecular flexibility index (Phi) is 3.71. The Morgan fingerprint density at radius 3 is 2.56 bits per heavy atom. The molecule has 0 saturated carbocycles. The third kappa shape index (κ3) is 2.33. The lowest BCUT2D eigenvalue weighted by atomic mass is 9.66. The Morgan fingerprint density at radius 2 is 1.93 bits per heavy atom. The summed E-state index contributed by atoms with van der Waals surface area (Å²) in [6.07, 6.45) is -0.784. The summed E-state index contributed by atoms with van der Waals surface area (Å²) in [5.41, 5.74) is -0.739. The number of imide groups is 2. The van der Waals surface area contributed by atoms with Crippen molar-refractivity contribution in [3.05, 3.63) is 34.9 Å². The lowest BCUT2D eigenvalue weighted by molar-refractivity contribution is -0.153. The molecule has 4 rings (SSSR count). The van der Waals surface area contributed by atoms with Gasteiger partial charge < -0.3 is 9.64 Å². The van der Waals surface area contributed by atoms with Crippen LogP contribution in [-0.2, 0) is 20.7 Å². The van der Waals surface area contributed by atoms with Crippen LogP contribution >= 0.6 is 0 Å². The first-order valence-corrected chi connectivity index (χ1v) is 8.56. The van der Waals surface area contributed by atoms with Crippen LogP contribution < -0.4 is 15.5 Å². The van der Waals surface area contributed by atoms with E-state index in [1.165, 1.54) is 12.1 Å². The first-order valence-electron chi connectivity index (χ1n) is 8.56. The molecule has 2 N–H and O–H groups in total.